The number of carbonyl (C=O) groups excluding carboxylic acids is 1. The standard InChI is InChI=1S/C27H37N3O3/c1-7-29(8-2)16-17-32-25-20(3)30(26(31)33-27(4,5)6)24-15-14-22(18-23(24)25)28-19-21-12-10-9-11-13-21/h9-15,18,28H,7-8,16-17,19H2,1-6H3. The molecule has 1 N–H and O–H groups in total. The third-order valence-electron chi connectivity index (χ3n) is 5.61. The van der Waals surface area contributed by atoms with Crippen molar-refractivity contribution in [2.24, 2.45) is 0 Å². The number of nitrogens with zero attached hydrogens (tertiary/aromatic N) is 2. The van der Waals surface area contributed by atoms with Gasteiger partial charge >= 0.3 is 6.09 Å². The molecule has 2 aromatic carbocycles. The second kappa shape index (κ2) is 10.8. The van der Waals surface area contributed by atoms with E-state index in [1.165, 1.54) is 5.56 Å². The van der Waals surface area contributed by atoms with E-state index in [9.17, 15) is 4.79 Å². The van der Waals surface area contributed by atoms with Crippen LogP contribution in [0.5, 0.6) is 5.75 Å². The number of anilines is 1. The van der Waals surface area contributed by atoms with E-state index in [4.69, 9.17) is 9.47 Å². The maximum Gasteiger partial charge on any atom is 0.419 e. The fourth-order valence-corrected chi connectivity index (χ4v) is 3.84. The van der Waals surface area contributed by atoms with Gasteiger partial charge in [-0.05, 0) is 64.5 Å². The van der Waals surface area contributed by atoms with Crippen LogP contribution in [0, 0.1) is 6.92 Å². The summed E-state index contributed by atoms with van der Waals surface area (Å²) in [7, 11) is 0. The molecule has 0 fully saturated rings. The van der Waals surface area contributed by atoms with Crippen molar-refractivity contribution in [2.45, 2.75) is 53.7 Å². The molecule has 0 spiro atoms. The Kier molecular flexibility index (Phi) is 8.03. The Morgan fingerprint density at radius 1 is 1.06 bits per heavy atom. The van der Waals surface area contributed by atoms with Crippen molar-refractivity contribution in [3.05, 3.63) is 59.8 Å². The van der Waals surface area contributed by atoms with Crippen molar-refractivity contribution < 1.29 is 14.3 Å². The van der Waals surface area contributed by atoms with Gasteiger partial charge in [0.15, 0.2) is 0 Å². The van der Waals surface area contributed by atoms with E-state index in [2.05, 4.69) is 42.3 Å². The molecule has 0 unspecified atom stereocenters. The molecule has 0 saturated heterocycles. The van der Waals surface area contributed by atoms with Crippen LogP contribution in [0.1, 0.15) is 45.9 Å². The van der Waals surface area contributed by atoms with Crippen molar-refractivity contribution in [2.75, 3.05) is 31.6 Å². The predicted octanol–water partition coefficient (Wildman–Crippen LogP) is 6.07. The third-order valence-corrected chi connectivity index (χ3v) is 5.61. The van der Waals surface area contributed by atoms with Gasteiger partial charge in [0.2, 0.25) is 0 Å². The molecule has 33 heavy (non-hydrogen) atoms. The largest absolute Gasteiger partial charge is 0.490 e. The van der Waals surface area contributed by atoms with Gasteiger partial charge in [0.05, 0.1) is 11.2 Å². The van der Waals surface area contributed by atoms with Gasteiger partial charge in [-0.3, -0.25) is 0 Å². The highest BCUT2D eigenvalue weighted by Gasteiger charge is 2.25. The normalized spacial score (nSPS) is 11.7. The summed E-state index contributed by atoms with van der Waals surface area (Å²) in [6.45, 7) is 15.9. The van der Waals surface area contributed by atoms with Crippen molar-refractivity contribution >= 4 is 22.7 Å². The molecule has 1 aromatic heterocycles. The molecule has 0 atom stereocenters. The van der Waals surface area contributed by atoms with Gasteiger partial charge in [-0.2, -0.15) is 0 Å². The van der Waals surface area contributed by atoms with E-state index >= 15 is 0 Å². The number of ether oxygens (including phenoxy) is 2. The highest BCUT2D eigenvalue weighted by atomic mass is 16.6. The predicted molar refractivity (Wildman–Crippen MR) is 135 cm³/mol. The zero-order valence-electron chi connectivity index (χ0n) is 20.8. The van der Waals surface area contributed by atoms with Gasteiger partial charge in [-0.1, -0.05) is 44.2 Å². The van der Waals surface area contributed by atoms with Crippen LogP contribution in [0.2, 0.25) is 0 Å². The van der Waals surface area contributed by atoms with Gasteiger partial charge in [0.25, 0.3) is 0 Å². The fourth-order valence-electron chi connectivity index (χ4n) is 3.84. The Balaban J connectivity index is 1.93. The first-order valence-electron chi connectivity index (χ1n) is 11.7. The number of nitrogens with one attached hydrogen (secondary N) is 1. The van der Waals surface area contributed by atoms with Crippen molar-refractivity contribution in [3.8, 4) is 5.75 Å². The minimum atomic E-state index is -0.582. The molecule has 0 aliphatic rings. The molecular formula is C27H37N3O3. The molecule has 3 aromatic rings. The van der Waals surface area contributed by atoms with Crippen LogP contribution < -0.4 is 10.1 Å². The second-order valence-corrected chi connectivity index (χ2v) is 9.18. The molecule has 6 heteroatoms. The van der Waals surface area contributed by atoms with Gasteiger partial charge < -0.3 is 19.7 Å². The summed E-state index contributed by atoms with van der Waals surface area (Å²) < 4.78 is 13.6. The average molecular weight is 452 g/mol. The maximum atomic E-state index is 13.0. The molecule has 0 aliphatic heterocycles. The van der Waals surface area contributed by atoms with Gasteiger partial charge in [-0.15, -0.1) is 0 Å². The van der Waals surface area contributed by atoms with E-state index in [0.29, 0.717) is 6.61 Å². The van der Waals surface area contributed by atoms with E-state index in [1.54, 1.807) is 4.57 Å². The molecule has 3 rings (SSSR count). The topological polar surface area (TPSA) is 55.7 Å². The molecule has 0 bridgehead atoms. The Hall–Kier alpha value is -2.99. The molecule has 1 heterocycles. The van der Waals surface area contributed by atoms with Gasteiger partial charge in [0.1, 0.15) is 18.0 Å². The lowest BCUT2D eigenvalue weighted by Gasteiger charge is -2.20. The van der Waals surface area contributed by atoms with Crippen molar-refractivity contribution in [1.82, 2.24) is 9.47 Å². The first-order chi connectivity index (χ1) is 15.7. The van der Waals surface area contributed by atoms with E-state index in [-0.39, 0.29) is 0 Å². The fraction of sp³-hybridized carbons (Fsp3) is 0.444. The van der Waals surface area contributed by atoms with Crippen LogP contribution in [0.4, 0.5) is 10.5 Å². The van der Waals surface area contributed by atoms with Crippen LogP contribution in [-0.4, -0.2) is 47.4 Å². The highest BCUT2D eigenvalue weighted by Crippen LogP contribution is 2.35. The summed E-state index contributed by atoms with van der Waals surface area (Å²) in [5, 5.41) is 4.38. The minimum Gasteiger partial charge on any atom is -0.490 e. The maximum absolute atomic E-state index is 13.0. The van der Waals surface area contributed by atoms with Crippen molar-refractivity contribution in [1.29, 1.82) is 0 Å². The molecule has 0 radical (unpaired) electrons. The average Bonchev–Trinajstić information content (AvgIpc) is 3.05. The Labute approximate surface area is 197 Å². The number of rotatable bonds is 9. The molecule has 0 amide bonds. The first-order valence-corrected chi connectivity index (χ1v) is 11.7. The Morgan fingerprint density at radius 2 is 1.76 bits per heavy atom. The lowest BCUT2D eigenvalue weighted by molar-refractivity contribution is 0.0540. The molecule has 6 nitrogen and oxygen atoms in total. The summed E-state index contributed by atoms with van der Waals surface area (Å²) in [4.78, 5) is 15.4. The minimum absolute atomic E-state index is 0.395. The molecule has 0 aliphatic carbocycles. The number of likely N-dealkylation sites (N-methyl/N-ethyl adjacent to an activating group) is 1. The summed E-state index contributed by atoms with van der Waals surface area (Å²) in [5.74, 6) is 0.728. The number of hydrogen-bond acceptors (Lipinski definition) is 5. The first kappa shape index (κ1) is 24.6. The quantitative estimate of drug-likeness (QED) is 0.428. The monoisotopic (exact) mass is 451 g/mol. The van der Waals surface area contributed by atoms with E-state index < -0.39 is 11.7 Å². The van der Waals surface area contributed by atoms with Crippen LogP contribution >= 0.6 is 0 Å². The Morgan fingerprint density at radius 3 is 2.39 bits per heavy atom. The van der Waals surface area contributed by atoms with Crippen LogP contribution in [0.25, 0.3) is 10.9 Å². The number of hydrogen-bond donors (Lipinski definition) is 1. The van der Waals surface area contributed by atoms with E-state index in [0.717, 1.165) is 54.2 Å². The lowest BCUT2D eigenvalue weighted by Crippen LogP contribution is -2.28. The SMILES string of the molecule is CCN(CC)CCOc1c(C)n(C(=O)OC(C)(C)C)c2ccc(NCc3ccccc3)cc12. The second-order valence-electron chi connectivity index (χ2n) is 9.18. The summed E-state index contributed by atoms with van der Waals surface area (Å²) in [6, 6.07) is 16.3. The van der Waals surface area contributed by atoms with E-state index in [1.807, 2.05) is 58.0 Å². The summed E-state index contributed by atoms with van der Waals surface area (Å²) in [6.07, 6.45) is -0.395. The van der Waals surface area contributed by atoms with Crippen LogP contribution in [0.15, 0.2) is 48.5 Å². The summed E-state index contributed by atoms with van der Waals surface area (Å²) in [5.41, 5.74) is 3.13. The lowest BCUT2D eigenvalue weighted by atomic mass is 10.2. The molecule has 178 valence electrons. The summed E-state index contributed by atoms with van der Waals surface area (Å²) >= 11 is 0. The highest BCUT2D eigenvalue weighted by molar-refractivity contribution is 5.97. The van der Waals surface area contributed by atoms with Crippen molar-refractivity contribution in [3.63, 3.8) is 0 Å². The number of benzene rings is 2. The molecular weight excluding hydrogens is 414 g/mol. The van der Waals surface area contributed by atoms with Gasteiger partial charge in [0, 0.05) is 24.2 Å². The zero-order valence-corrected chi connectivity index (χ0v) is 20.8. The van der Waals surface area contributed by atoms with Crippen LogP contribution in [0.3, 0.4) is 0 Å². The smallest absolute Gasteiger partial charge is 0.419 e. The number of fused-ring (bicyclic) bond motifs is 1. The Bertz CT molecular complexity index is 1060. The number of carbonyl (C=O) groups is 1. The van der Waals surface area contributed by atoms with Crippen LogP contribution in [-0.2, 0) is 11.3 Å². The molecule has 0 saturated carbocycles. The van der Waals surface area contributed by atoms with Gasteiger partial charge in [-0.25, -0.2) is 9.36 Å². The third kappa shape index (κ3) is 6.29. The zero-order chi connectivity index (χ0) is 24.0. The number of aromatic nitrogens is 1.